The number of para-hydroxylation sites is 2. The lowest BCUT2D eigenvalue weighted by Gasteiger charge is -2.36. The van der Waals surface area contributed by atoms with Gasteiger partial charge in [0.2, 0.25) is 0 Å². The Kier molecular flexibility index (Phi) is 5.52. The average molecular weight is 346 g/mol. The second kappa shape index (κ2) is 7.65. The Bertz CT molecular complexity index is 592. The van der Waals surface area contributed by atoms with Gasteiger partial charge in [0.1, 0.15) is 11.9 Å². The van der Waals surface area contributed by atoms with Crippen molar-refractivity contribution < 1.29 is 14.6 Å². The minimum Gasteiger partial charge on any atom is -0.506 e. The molecule has 2 aliphatic rings. The number of phenolic OH excluding ortho intramolecular Hbond substituents is 1. The molecule has 0 spiro atoms. The molecular formula is C20H30N2O3. The number of esters is 1. The zero-order chi connectivity index (χ0) is 17.9. The van der Waals surface area contributed by atoms with E-state index in [4.69, 9.17) is 4.74 Å². The van der Waals surface area contributed by atoms with E-state index in [1.807, 2.05) is 18.2 Å². The van der Waals surface area contributed by atoms with Gasteiger partial charge in [-0.15, -0.1) is 0 Å². The SMILES string of the molecule is CCC1(CC)C[C@@H](CCN2CCN(c3ccccc3O)CC2)OC1=O. The number of aromatic hydroxyl groups is 1. The molecule has 0 unspecified atom stereocenters. The average Bonchev–Trinajstić information content (AvgIpc) is 2.97. The maximum atomic E-state index is 12.2. The lowest BCUT2D eigenvalue weighted by atomic mass is 9.79. The molecule has 2 saturated heterocycles. The van der Waals surface area contributed by atoms with Crippen LogP contribution in [0.1, 0.15) is 39.5 Å². The second-order valence-corrected chi connectivity index (χ2v) is 7.32. The predicted octanol–water partition coefficient (Wildman–Crippen LogP) is 3.03. The van der Waals surface area contributed by atoms with Gasteiger partial charge in [0.05, 0.1) is 11.1 Å². The third-order valence-electron chi connectivity index (χ3n) is 6.04. The number of ether oxygens (including phenoxy) is 1. The van der Waals surface area contributed by atoms with Crippen molar-refractivity contribution in [3.05, 3.63) is 24.3 Å². The number of anilines is 1. The van der Waals surface area contributed by atoms with Crippen molar-refractivity contribution in [2.45, 2.75) is 45.6 Å². The van der Waals surface area contributed by atoms with Gasteiger partial charge < -0.3 is 14.7 Å². The zero-order valence-corrected chi connectivity index (χ0v) is 15.4. The van der Waals surface area contributed by atoms with Gasteiger partial charge in [-0.25, -0.2) is 0 Å². The maximum Gasteiger partial charge on any atom is 0.312 e. The summed E-state index contributed by atoms with van der Waals surface area (Å²) in [5, 5.41) is 9.99. The first-order valence-corrected chi connectivity index (χ1v) is 9.54. The van der Waals surface area contributed by atoms with Crippen LogP contribution in [-0.2, 0) is 9.53 Å². The summed E-state index contributed by atoms with van der Waals surface area (Å²) in [5.41, 5.74) is 0.677. The van der Waals surface area contributed by atoms with Gasteiger partial charge in [-0.05, 0) is 31.4 Å². The molecule has 5 heteroatoms. The molecule has 0 bridgehead atoms. The molecule has 0 aromatic heterocycles. The van der Waals surface area contributed by atoms with E-state index < -0.39 is 0 Å². The molecule has 25 heavy (non-hydrogen) atoms. The molecular weight excluding hydrogens is 316 g/mol. The molecule has 2 aliphatic heterocycles. The van der Waals surface area contributed by atoms with Crippen molar-refractivity contribution >= 4 is 11.7 Å². The molecule has 0 saturated carbocycles. The first-order chi connectivity index (χ1) is 12.1. The smallest absolute Gasteiger partial charge is 0.312 e. The third kappa shape index (κ3) is 3.76. The monoisotopic (exact) mass is 346 g/mol. The van der Waals surface area contributed by atoms with Crippen molar-refractivity contribution in [1.29, 1.82) is 0 Å². The molecule has 2 heterocycles. The molecule has 1 aromatic rings. The topological polar surface area (TPSA) is 53.0 Å². The third-order valence-corrected chi connectivity index (χ3v) is 6.04. The van der Waals surface area contributed by atoms with Gasteiger partial charge in [-0.3, -0.25) is 9.69 Å². The number of nitrogens with zero attached hydrogens (tertiary/aromatic N) is 2. The van der Waals surface area contributed by atoms with E-state index in [0.29, 0.717) is 5.75 Å². The molecule has 2 fully saturated rings. The molecule has 0 aliphatic carbocycles. The van der Waals surface area contributed by atoms with E-state index in [1.165, 1.54) is 0 Å². The van der Waals surface area contributed by atoms with Crippen molar-refractivity contribution in [1.82, 2.24) is 4.90 Å². The standard InChI is InChI=1S/C20H30N2O3/c1-3-20(4-2)15-16(25-19(20)24)9-10-21-11-13-22(14-12-21)17-7-5-6-8-18(17)23/h5-8,16,23H,3-4,9-15H2,1-2H3/t16-/m1/s1. The number of cyclic esters (lactones) is 1. The molecule has 0 amide bonds. The summed E-state index contributed by atoms with van der Waals surface area (Å²) in [6, 6.07) is 7.52. The second-order valence-electron chi connectivity index (χ2n) is 7.32. The number of carbonyl (C=O) groups is 1. The van der Waals surface area contributed by atoms with Gasteiger partial charge in [0.15, 0.2) is 0 Å². The summed E-state index contributed by atoms with van der Waals surface area (Å²) in [6.07, 6.45) is 3.61. The fourth-order valence-corrected chi connectivity index (χ4v) is 4.10. The van der Waals surface area contributed by atoms with Crippen LogP contribution >= 0.6 is 0 Å². The van der Waals surface area contributed by atoms with Crippen LogP contribution in [0.3, 0.4) is 0 Å². The van der Waals surface area contributed by atoms with Crippen molar-refractivity contribution in [2.24, 2.45) is 5.41 Å². The molecule has 1 aromatic carbocycles. The fraction of sp³-hybridized carbons (Fsp3) is 0.650. The van der Waals surface area contributed by atoms with Crippen molar-refractivity contribution in [3.63, 3.8) is 0 Å². The Morgan fingerprint density at radius 1 is 1.16 bits per heavy atom. The van der Waals surface area contributed by atoms with Crippen LogP contribution < -0.4 is 4.90 Å². The number of hydrogen-bond donors (Lipinski definition) is 1. The van der Waals surface area contributed by atoms with Gasteiger partial charge in [0, 0.05) is 39.1 Å². The highest BCUT2D eigenvalue weighted by atomic mass is 16.6. The Hall–Kier alpha value is -1.75. The largest absolute Gasteiger partial charge is 0.506 e. The van der Waals surface area contributed by atoms with Crippen LogP contribution in [-0.4, -0.2) is 54.8 Å². The highest BCUT2D eigenvalue weighted by Gasteiger charge is 2.46. The Labute approximate surface area is 150 Å². The fourth-order valence-electron chi connectivity index (χ4n) is 4.10. The van der Waals surface area contributed by atoms with E-state index in [1.54, 1.807) is 6.07 Å². The van der Waals surface area contributed by atoms with Crippen LogP contribution in [0, 0.1) is 5.41 Å². The number of rotatable bonds is 6. The van der Waals surface area contributed by atoms with Gasteiger partial charge >= 0.3 is 5.97 Å². The summed E-state index contributed by atoms with van der Waals surface area (Å²) in [5.74, 6) is 0.358. The summed E-state index contributed by atoms with van der Waals surface area (Å²) >= 11 is 0. The summed E-state index contributed by atoms with van der Waals surface area (Å²) < 4.78 is 5.65. The molecule has 138 valence electrons. The highest BCUT2D eigenvalue weighted by molar-refractivity contribution is 5.78. The summed E-state index contributed by atoms with van der Waals surface area (Å²) in [4.78, 5) is 16.9. The summed E-state index contributed by atoms with van der Waals surface area (Å²) in [7, 11) is 0. The molecule has 0 radical (unpaired) electrons. The van der Waals surface area contributed by atoms with E-state index in [9.17, 15) is 9.90 Å². The number of piperazine rings is 1. The molecule has 3 rings (SSSR count). The lowest BCUT2D eigenvalue weighted by molar-refractivity contribution is -0.149. The molecule has 5 nitrogen and oxygen atoms in total. The number of carbonyl (C=O) groups excluding carboxylic acids is 1. The minimum absolute atomic E-state index is 0.00636. The van der Waals surface area contributed by atoms with Crippen molar-refractivity contribution in [3.8, 4) is 5.75 Å². The van der Waals surface area contributed by atoms with E-state index >= 15 is 0 Å². The van der Waals surface area contributed by atoms with Gasteiger partial charge in [0.25, 0.3) is 0 Å². The van der Waals surface area contributed by atoms with E-state index in [-0.39, 0.29) is 17.5 Å². The number of hydrogen-bond acceptors (Lipinski definition) is 5. The minimum atomic E-state index is -0.242. The zero-order valence-electron chi connectivity index (χ0n) is 15.4. The lowest BCUT2D eigenvalue weighted by Crippen LogP contribution is -2.47. The quantitative estimate of drug-likeness (QED) is 0.803. The van der Waals surface area contributed by atoms with Crippen LogP contribution in [0.5, 0.6) is 5.75 Å². The first kappa shape index (κ1) is 18.1. The van der Waals surface area contributed by atoms with Crippen LogP contribution in [0.25, 0.3) is 0 Å². The molecule has 1 N–H and O–H groups in total. The Morgan fingerprint density at radius 2 is 1.84 bits per heavy atom. The number of benzene rings is 1. The van der Waals surface area contributed by atoms with E-state index in [2.05, 4.69) is 23.6 Å². The maximum absolute atomic E-state index is 12.2. The predicted molar refractivity (Wildman–Crippen MR) is 98.9 cm³/mol. The number of phenols is 1. The van der Waals surface area contributed by atoms with Gasteiger partial charge in [-0.1, -0.05) is 26.0 Å². The molecule has 1 atom stereocenters. The van der Waals surface area contributed by atoms with Crippen LogP contribution in [0.4, 0.5) is 5.69 Å². The summed E-state index contributed by atoms with van der Waals surface area (Å²) in [6.45, 7) is 8.92. The van der Waals surface area contributed by atoms with E-state index in [0.717, 1.165) is 64.1 Å². The van der Waals surface area contributed by atoms with Crippen molar-refractivity contribution in [2.75, 3.05) is 37.6 Å². The first-order valence-electron chi connectivity index (χ1n) is 9.54. The highest BCUT2D eigenvalue weighted by Crippen LogP contribution is 2.41. The normalized spacial score (nSPS) is 23.7. The Morgan fingerprint density at radius 3 is 2.44 bits per heavy atom. The van der Waals surface area contributed by atoms with Crippen LogP contribution in [0.2, 0.25) is 0 Å². The van der Waals surface area contributed by atoms with Crippen LogP contribution in [0.15, 0.2) is 24.3 Å². The Balaban J connectivity index is 1.46. The van der Waals surface area contributed by atoms with Gasteiger partial charge in [-0.2, -0.15) is 0 Å².